The van der Waals surface area contributed by atoms with Gasteiger partial charge < -0.3 is 5.73 Å². The van der Waals surface area contributed by atoms with Gasteiger partial charge in [-0.3, -0.25) is 0 Å². The molecule has 1 aliphatic heterocycles. The molecular weight excluding hydrogens is 260 g/mol. The second-order valence-corrected chi connectivity index (χ2v) is 6.57. The number of nitrogens with zero attached hydrogens (tertiary/aromatic N) is 1. The van der Waals surface area contributed by atoms with Gasteiger partial charge in [-0.15, -0.1) is 12.4 Å². The minimum Gasteiger partial charge on any atom is -0.329 e. The fourth-order valence-electron chi connectivity index (χ4n) is 2.33. The third-order valence-electron chi connectivity index (χ3n) is 3.55. The lowest BCUT2D eigenvalue weighted by Crippen LogP contribution is -2.42. The van der Waals surface area contributed by atoms with Crippen LogP contribution in [-0.4, -0.2) is 37.6 Å². The molecule has 1 unspecified atom stereocenters. The predicted octanol–water partition coefficient (Wildman–Crippen LogP) is 1.60. The average Bonchev–Trinajstić information content (AvgIpc) is 2.74. The van der Waals surface area contributed by atoms with Crippen LogP contribution in [0.2, 0.25) is 0 Å². The maximum absolute atomic E-state index is 12.2. The number of hydrogen-bond acceptors (Lipinski definition) is 3. The van der Waals surface area contributed by atoms with Crippen molar-refractivity contribution in [3.8, 4) is 0 Å². The lowest BCUT2D eigenvalue weighted by molar-refractivity contribution is 0.385. The molecule has 1 aliphatic rings. The van der Waals surface area contributed by atoms with E-state index in [2.05, 4.69) is 0 Å². The molecule has 17 heavy (non-hydrogen) atoms. The zero-order valence-corrected chi connectivity index (χ0v) is 12.4. The van der Waals surface area contributed by atoms with Gasteiger partial charge in [0.05, 0.1) is 5.75 Å². The van der Waals surface area contributed by atoms with Gasteiger partial charge in [-0.1, -0.05) is 26.7 Å². The molecule has 0 aromatic carbocycles. The fourth-order valence-corrected chi connectivity index (χ4v) is 4.64. The van der Waals surface area contributed by atoms with Crippen LogP contribution in [0.1, 0.15) is 39.5 Å². The quantitative estimate of drug-likeness (QED) is 0.806. The fraction of sp³-hybridized carbons (Fsp3) is 1.00. The Balaban J connectivity index is 0.00000256. The van der Waals surface area contributed by atoms with Crippen molar-refractivity contribution in [2.45, 2.75) is 45.6 Å². The molecule has 1 fully saturated rings. The first-order valence-electron chi connectivity index (χ1n) is 6.24. The summed E-state index contributed by atoms with van der Waals surface area (Å²) in [5.41, 5.74) is 5.61. The van der Waals surface area contributed by atoms with Crippen molar-refractivity contribution in [1.29, 1.82) is 0 Å². The van der Waals surface area contributed by atoms with E-state index in [0.717, 1.165) is 25.7 Å². The molecule has 0 radical (unpaired) electrons. The van der Waals surface area contributed by atoms with E-state index in [4.69, 9.17) is 5.73 Å². The smallest absolute Gasteiger partial charge is 0.214 e. The van der Waals surface area contributed by atoms with Crippen molar-refractivity contribution in [1.82, 2.24) is 4.31 Å². The van der Waals surface area contributed by atoms with Gasteiger partial charge in [0.2, 0.25) is 10.0 Å². The maximum atomic E-state index is 12.2. The maximum Gasteiger partial charge on any atom is 0.214 e. The second kappa shape index (κ2) is 7.56. The van der Waals surface area contributed by atoms with Gasteiger partial charge in [-0.2, -0.15) is 4.31 Å². The number of nitrogens with two attached hydrogens (primary N) is 1. The van der Waals surface area contributed by atoms with Crippen LogP contribution in [0.3, 0.4) is 0 Å². The SMILES string of the molecule is CCC(CC)CS(=O)(=O)N1CCCC1CN.Cl. The van der Waals surface area contributed by atoms with Gasteiger partial charge >= 0.3 is 0 Å². The summed E-state index contributed by atoms with van der Waals surface area (Å²) in [6, 6.07) is 0.0411. The molecule has 1 rings (SSSR count). The van der Waals surface area contributed by atoms with Gasteiger partial charge in [-0.25, -0.2) is 8.42 Å². The summed E-state index contributed by atoms with van der Waals surface area (Å²) in [5, 5.41) is 0. The van der Waals surface area contributed by atoms with Crippen LogP contribution < -0.4 is 5.73 Å². The minimum absolute atomic E-state index is 0. The van der Waals surface area contributed by atoms with Crippen molar-refractivity contribution in [3.63, 3.8) is 0 Å². The zero-order valence-electron chi connectivity index (χ0n) is 10.8. The monoisotopic (exact) mass is 284 g/mol. The first kappa shape index (κ1) is 17.2. The summed E-state index contributed by atoms with van der Waals surface area (Å²) < 4.78 is 26.0. The summed E-state index contributed by atoms with van der Waals surface area (Å²) >= 11 is 0. The second-order valence-electron chi connectivity index (χ2n) is 4.60. The van der Waals surface area contributed by atoms with E-state index in [1.54, 1.807) is 4.31 Å². The Bertz CT molecular complexity index is 305. The molecule has 1 saturated heterocycles. The molecule has 6 heteroatoms. The third-order valence-corrected chi connectivity index (χ3v) is 5.64. The standard InChI is InChI=1S/C11H24N2O2S.ClH/c1-3-10(4-2)9-16(14,15)13-7-5-6-11(13)8-12;/h10-11H,3-9,12H2,1-2H3;1H. The molecule has 2 N–H and O–H groups in total. The van der Waals surface area contributed by atoms with E-state index in [1.807, 2.05) is 13.8 Å². The summed E-state index contributed by atoms with van der Waals surface area (Å²) in [7, 11) is -3.09. The molecule has 0 saturated carbocycles. The zero-order chi connectivity index (χ0) is 12.2. The van der Waals surface area contributed by atoms with E-state index >= 15 is 0 Å². The lowest BCUT2D eigenvalue weighted by atomic mass is 10.1. The summed E-state index contributed by atoms with van der Waals surface area (Å²) in [6.07, 6.45) is 3.72. The van der Waals surface area contributed by atoms with E-state index in [1.165, 1.54) is 0 Å². The third kappa shape index (κ3) is 4.39. The highest BCUT2D eigenvalue weighted by molar-refractivity contribution is 7.89. The van der Waals surface area contributed by atoms with E-state index in [0.29, 0.717) is 13.1 Å². The van der Waals surface area contributed by atoms with Gasteiger partial charge in [0, 0.05) is 19.1 Å². The Hall–Kier alpha value is 0.160. The Morgan fingerprint density at radius 1 is 1.35 bits per heavy atom. The van der Waals surface area contributed by atoms with Gasteiger partial charge in [0.25, 0.3) is 0 Å². The van der Waals surface area contributed by atoms with Crippen LogP contribution >= 0.6 is 12.4 Å². The van der Waals surface area contributed by atoms with Crippen LogP contribution in [0.25, 0.3) is 0 Å². The lowest BCUT2D eigenvalue weighted by Gasteiger charge is -2.25. The molecule has 0 amide bonds. The summed E-state index contributed by atoms with van der Waals surface area (Å²) in [4.78, 5) is 0. The molecule has 0 spiro atoms. The van der Waals surface area contributed by atoms with Gasteiger partial charge in [0.1, 0.15) is 0 Å². The molecule has 0 aromatic heterocycles. The molecule has 104 valence electrons. The van der Waals surface area contributed by atoms with Gasteiger partial charge in [-0.05, 0) is 18.8 Å². The van der Waals surface area contributed by atoms with Crippen LogP contribution in [0.5, 0.6) is 0 Å². The molecule has 0 aliphatic carbocycles. The van der Waals surface area contributed by atoms with E-state index in [9.17, 15) is 8.42 Å². The van der Waals surface area contributed by atoms with Crippen LogP contribution in [-0.2, 0) is 10.0 Å². The number of hydrogen-bond donors (Lipinski definition) is 1. The Kier molecular flexibility index (Phi) is 7.63. The number of rotatable bonds is 6. The Morgan fingerprint density at radius 2 is 1.94 bits per heavy atom. The topological polar surface area (TPSA) is 63.4 Å². The normalized spacial score (nSPS) is 21.8. The largest absolute Gasteiger partial charge is 0.329 e. The van der Waals surface area contributed by atoms with Crippen molar-refractivity contribution < 1.29 is 8.42 Å². The highest BCUT2D eigenvalue weighted by Gasteiger charge is 2.34. The highest BCUT2D eigenvalue weighted by atomic mass is 35.5. The highest BCUT2D eigenvalue weighted by Crippen LogP contribution is 2.23. The van der Waals surface area contributed by atoms with Gasteiger partial charge in [0.15, 0.2) is 0 Å². The summed E-state index contributed by atoms with van der Waals surface area (Å²) in [5.74, 6) is 0.570. The van der Waals surface area contributed by atoms with Crippen LogP contribution in [0.15, 0.2) is 0 Å². The first-order valence-corrected chi connectivity index (χ1v) is 7.85. The molecule has 4 nitrogen and oxygen atoms in total. The number of halogens is 1. The molecule has 1 heterocycles. The number of sulfonamides is 1. The summed E-state index contributed by atoms with van der Waals surface area (Å²) in [6.45, 7) is 5.20. The van der Waals surface area contributed by atoms with Crippen molar-refractivity contribution >= 4 is 22.4 Å². The van der Waals surface area contributed by atoms with Crippen molar-refractivity contribution in [2.75, 3.05) is 18.8 Å². The average molecular weight is 285 g/mol. The minimum atomic E-state index is -3.09. The van der Waals surface area contributed by atoms with E-state index < -0.39 is 10.0 Å². The van der Waals surface area contributed by atoms with Crippen molar-refractivity contribution in [2.24, 2.45) is 11.7 Å². The molecule has 0 aromatic rings. The predicted molar refractivity (Wildman–Crippen MR) is 73.9 cm³/mol. The molecule has 1 atom stereocenters. The van der Waals surface area contributed by atoms with Crippen LogP contribution in [0, 0.1) is 5.92 Å². The van der Waals surface area contributed by atoms with Crippen LogP contribution in [0.4, 0.5) is 0 Å². The molecular formula is C11H25ClN2O2S. The first-order chi connectivity index (χ1) is 7.55. The van der Waals surface area contributed by atoms with E-state index in [-0.39, 0.29) is 30.1 Å². The molecule has 0 bridgehead atoms. The Labute approximate surface area is 111 Å². The van der Waals surface area contributed by atoms with Crippen molar-refractivity contribution in [3.05, 3.63) is 0 Å². The Morgan fingerprint density at radius 3 is 2.41 bits per heavy atom.